The third-order valence-corrected chi connectivity index (χ3v) is 1.54. The standard InChI is InChI=1S/C10H15O2/c1-3-4-5-6-7-8-9-10(11)12-2/h1,5-9H2,2H3. The van der Waals surface area contributed by atoms with Gasteiger partial charge in [-0.15, -0.1) is 11.8 Å². The van der Waals surface area contributed by atoms with E-state index in [0.29, 0.717) is 6.42 Å². The van der Waals surface area contributed by atoms with Gasteiger partial charge < -0.3 is 4.74 Å². The highest BCUT2D eigenvalue weighted by Crippen LogP contribution is 2.02. The molecule has 67 valence electrons. The van der Waals surface area contributed by atoms with Crippen molar-refractivity contribution >= 4 is 5.97 Å². The Morgan fingerprint density at radius 1 is 1.42 bits per heavy atom. The molecule has 0 aliphatic carbocycles. The smallest absolute Gasteiger partial charge is 0.305 e. The van der Waals surface area contributed by atoms with Crippen LogP contribution in [0.2, 0.25) is 0 Å². The predicted molar refractivity (Wildman–Crippen MR) is 48.2 cm³/mol. The molecule has 0 spiro atoms. The Hall–Kier alpha value is -0.970. The molecule has 0 N–H and O–H groups in total. The minimum Gasteiger partial charge on any atom is -0.469 e. The van der Waals surface area contributed by atoms with Gasteiger partial charge in [0.1, 0.15) is 0 Å². The molecule has 0 atom stereocenters. The van der Waals surface area contributed by atoms with Crippen LogP contribution >= 0.6 is 0 Å². The first-order chi connectivity index (χ1) is 5.81. The number of ether oxygens (including phenoxy) is 1. The summed E-state index contributed by atoms with van der Waals surface area (Å²) in [6, 6.07) is 0. The van der Waals surface area contributed by atoms with Crippen LogP contribution < -0.4 is 0 Å². The Labute approximate surface area is 74.3 Å². The van der Waals surface area contributed by atoms with E-state index in [1.807, 2.05) is 0 Å². The summed E-state index contributed by atoms with van der Waals surface area (Å²) in [5.41, 5.74) is 0. The molecule has 0 aromatic heterocycles. The van der Waals surface area contributed by atoms with E-state index in [0.717, 1.165) is 25.7 Å². The van der Waals surface area contributed by atoms with Gasteiger partial charge in [0.25, 0.3) is 0 Å². The number of rotatable bonds is 5. The number of carbonyl (C=O) groups excluding carboxylic acids is 1. The van der Waals surface area contributed by atoms with Crippen LogP contribution in [0.25, 0.3) is 0 Å². The van der Waals surface area contributed by atoms with Gasteiger partial charge in [-0.3, -0.25) is 4.79 Å². The summed E-state index contributed by atoms with van der Waals surface area (Å²) in [7, 11) is 1.41. The van der Waals surface area contributed by atoms with Crippen LogP contribution in [0, 0.1) is 18.8 Å². The van der Waals surface area contributed by atoms with Crippen LogP contribution in [0.1, 0.15) is 32.1 Å². The second kappa shape index (κ2) is 8.13. The fourth-order valence-corrected chi connectivity index (χ4v) is 0.850. The number of esters is 1. The monoisotopic (exact) mass is 167 g/mol. The summed E-state index contributed by atoms with van der Waals surface area (Å²) in [5.74, 6) is 5.33. The highest BCUT2D eigenvalue weighted by atomic mass is 16.5. The van der Waals surface area contributed by atoms with Gasteiger partial charge in [0.15, 0.2) is 0 Å². The van der Waals surface area contributed by atoms with Gasteiger partial charge in [-0.1, -0.05) is 6.42 Å². The largest absolute Gasteiger partial charge is 0.469 e. The summed E-state index contributed by atoms with van der Waals surface area (Å²) in [6.07, 6.45) is 4.37. The molecule has 2 heteroatoms. The zero-order valence-corrected chi connectivity index (χ0v) is 7.56. The number of unbranched alkanes of at least 4 members (excludes halogenated alkanes) is 3. The average molecular weight is 167 g/mol. The number of hydrogen-bond acceptors (Lipinski definition) is 2. The summed E-state index contributed by atoms with van der Waals surface area (Å²) in [6.45, 7) is 3.41. The molecule has 0 saturated heterocycles. The fourth-order valence-electron chi connectivity index (χ4n) is 0.850. The maximum absolute atomic E-state index is 10.6. The van der Waals surface area contributed by atoms with Gasteiger partial charge in [0.2, 0.25) is 0 Å². The van der Waals surface area contributed by atoms with Gasteiger partial charge in [-0.05, 0) is 12.8 Å². The highest BCUT2D eigenvalue weighted by Gasteiger charge is 1.97. The van der Waals surface area contributed by atoms with Crippen molar-refractivity contribution in [2.45, 2.75) is 32.1 Å². The molecule has 0 aliphatic rings. The first-order valence-corrected chi connectivity index (χ1v) is 4.13. The fraction of sp³-hybridized carbons (Fsp3) is 0.600. The van der Waals surface area contributed by atoms with Gasteiger partial charge in [0, 0.05) is 19.8 Å². The van der Waals surface area contributed by atoms with Gasteiger partial charge in [-0.25, -0.2) is 0 Å². The zero-order chi connectivity index (χ0) is 9.23. The summed E-state index contributed by atoms with van der Waals surface area (Å²) < 4.78 is 4.50. The van der Waals surface area contributed by atoms with Crippen LogP contribution in [0.15, 0.2) is 0 Å². The molecule has 12 heavy (non-hydrogen) atoms. The highest BCUT2D eigenvalue weighted by molar-refractivity contribution is 5.68. The van der Waals surface area contributed by atoms with Crippen molar-refractivity contribution in [3.8, 4) is 11.8 Å². The van der Waals surface area contributed by atoms with Crippen LogP contribution in [-0.4, -0.2) is 13.1 Å². The SMILES string of the molecule is [CH2]C#CCCCCCC(=O)OC. The molecule has 0 aromatic rings. The third kappa shape index (κ3) is 7.14. The van der Waals surface area contributed by atoms with Crippen LogP contribution in [-0.2, 0) is 9.53 Å². The number of hydrogen-bond donors (Lipinski definition) is 0. The Morgan fingerprint density at radius 3 is 2.75 bits per heavy atom. The lowest BCUT2D eigenvalue weighted by Crippen LogP contribution is -1.98. The third-order valence-electron chi connectivity index (χ3n) is 1.54. The van der Waals surface area contributed by atoms with Gasteiger partial charge in [-0.2, -0.15) is 0 Å². The molecule has 0 aliphatic heterocycles. The van der Waals surface area contributed by atoms with E-state index in [-0.39, 0.29) is 5.97 Å². The lowest BCUT2D eigenvalue weighted by Gasteiger charge is -1.97. The minimum absolute atomic E-state index is 0.127. The molecule has 1 radical (unpaired) electrons. The van der Waals surface area contributed by atoms with Crippen LogP contribution in [0.3, 0.4) is 0 Å². The number of methoxy groups -OCH3 is 1. The quantitative estimate of drug-likeness (QED) is 0.355. The lowest BCUT2D eigenvalue weighted by atomic mass is 10.1. The second-order valence-corrected chi connectivity index (χ2v) is 2.49. The summed E-state index contributed by atoms with van der Waals surface area (Å²) in [5, 5.41) is 0. The first-order valence-electron chi connectivity index (χ1n) is 4.13. The topological polar surface area (TPSA) is 26.3 Å². The molecule has 0 bridgehead atoms. The van der Waals surface area contributed by atoms with Crippen molar-refractivity contribution < 1.29 is 9.53 Å². The van der Waals surface area contributed by atoms with E-state index in [4.69, 9.17) is 0 Å². The van der Waals surface area contributed by atoms with E-state index in [9.17, 15) is 4.79 Å². The number of carbonyl (C=O) groups is 1. The minimum atomic E-state index is -0.127. The molecule has 0 fully saturated rings. The van der Waals surface area contributed by atoms with E-state index in [2.05, 4.69) is 23.5 Å². The zero-order valence-electron chi connectivity index (χ0n) is 7.56. The molecular formula is C10H15O2. The van der Waals surface area contributed by atoms with E-state index < -0.39 is 0 Å². The predicted octanol–water partition coefficient (Wildman–Crippen LogP) is 1.95. The van der Waals surface area contributed by atoms with Crippen molar-refractivity contribution in [2.75, 3.05) is 7.11 Å². The normalized spacial score (nSPS) is 8.50. The van der Waals surface area contributed by atoms with E-state index in [1.165, 1.54) is 7.11 Å². The van der Waals surface area contributed by atoms with Crippen LogP contribution in [0.5, 0.6) is 0 Å². The lowest BCUT2D eigenvalue weighted by molar-refractivity contribution is -0.140. The first kappa shape index (κ1) is 11.0. The maximum atomic E-state index is 10.6. The van der Waals surface area contributed by atoms with Crippen molar-refractivity contribution in [2.24, 2.45) is 0 Å². The Bertz CT molecular complexity index is 174. The molecule has 0 amide bonds. The molecule has 0 rings (SSSR count). The van der Waals surface area contributed by atoms with Crippen molar-refractivity contribution in [3.63, 3.8) is 0 Å². The van der Waals surface area contributed by atoms with E-state index in [1.54, 1.807) is 0 Å². The van der Waals surface area contributed by atoms with Crippen molar-refractivity contribution in [1.29, 1.82) is 0 Å². The molecular weight excluding hydrogens is 152 g/mol. The summed E-state index contributed by atoms with van der Waals surface area (Å²) in [4.78, 5) is 10.6. The van der Waals surface area contributed by atoms with Crippen LogP contribution in [0.4, 0.5) is 0 Å². The average Bonchev–Trinajstić information content (AvgIpc) is 2.10. The Morgan fingerprint density at radius 2 is 2.17 bits per heavy atom. The molecule has 0 unspecified atom stereocenters. The van der Waals surface area contributed by atoms with Gasteiger partial charge in [0.05, 0.1) is 7.11 Å². The van der Waals surface area contributed by atoms with Crippen molar-refractivity contribution in [3.05, 3.63) is 6.92 Å². The maximum Gasteiger partial charge on any atom is 0.305 e. The second-order valence-electron chi connectivity index (χ2n) is 2.49. The summed E-state index contributed by atoms with van der Waals surface area (Å²) >= 11 is 0. The van der Waals surface area contributed by atoms with Crippen molar-refractivity contribution in [1.82, 2.24) is 0 Å². The Kier molecular flexibility index (Phi) is 7.47. The molecule has 0 heterocycles. The van der Waals surface area contributed by atoms with Gasteiger partial charge >= 0.3 is 5.97 Å². The Balaban J connectivity index is 3.09. The van der Waals surface area contributed by atoms with E-state index >= 15 is 0 Å². The molecule has 0 aromatic carbocycles. The molecule has 0 saturated carbocycles. The molecule has 2 nitrogen and oxygen atoms in total.